The molecule has 0 radical (unpaired) electrons. The molecular formula is C29H32Cl2FN3O4S. The third-order valence-corrected chi connectivity index (χ3v) is 8.34. The van der Waals surface area contributed by atoms with E-state index in [1.165, 1.54) is 35.2 Å². The van der Waals surface area contributed by atoms with Gasteiger partial charge in [-0.2, -0.15) is 0 Å². The zero-order chi connectivity index (χ0) is 29.7. The van der Waals surface area contributed by atoms with Crippen LogP contribution in [0.2, 0.25) is 10.0 Å². The second kappa shape index (κ2) is 13.0. The number of amides is 2. The van der Waals surface area contributed by atoms with Gasteiger partial charge in [0.25, 0.3) is 10.0 Å². The van der Waals surface area contributed by atoms with E-state index in [9.17, 15) is 22.4 Å². The summed E-state index contributed by atoms with van der Waals surface area (Å²) in [5.74, 6) is -1.60. The summed E-state index contributed by atoms with van der Waals surface area (Å²) in [6.07, 6.45) is 0.251. The van der Waals surface area contributed by atoms with Crippen LogP contribution < -0.4 is 9.62 Å². The van der Waals surface area contributed by atoms with E-state index >= 15 is 0 Å². The van der Waals surface area contributed by atoms with Crippen molar-refractivity contribution >= 4 is 50.7 Å². The Morgan fingerprint density at radius 2 is 1.60 bits per heavy atom. The van der Waals surface area contributed by atoms with Gasteiger partial charge in [-0.05, 0) is 81.3 Å². The maximum atomic E-state index is 14.0. The Labute approximate surface area is 244 Å². The maximum Gasteiger partial charge on any atom is 0.264 e. The molecule has 0 aliphatic heterocycles. The van der Waals surface area contributed by atoms with Gasteiger partial charge in [0, 0.05) is 22.1 Å². The normalized spacial score (nSPS) is 12.5. The molecule has 7 nitrogen and oxygen atoms in total. The van der Waals surface area contributed by atoms with E-state index in [4.69, 9.17) is 23.2 Å². The number of carbonyl (C=O) groups is 2. The van der Waals surface area contributed by atoms with E-state index in [2.05, 4.69) is 5.32 Å². The molecule has 0 bridgehead atoms. The highest BCUT2D eigenvalue weighted by molar-refractivity contribution is 7.92. The topological polar surface area (TPSA) is 86.8 Å². The van der Waals surface area contributed by atoms with Crippen molar-refractivity contribution in [2.24, 2.45) is 0 Å². The monoisotopic (exact) mass is 607 g/mol. The molecule has 0 fully saturated rings. The predicted octanol–water partition coefficient (Wildman–Crippen LogP) is 6.05. The van der Waals surface area contributed by atoms with Crippen molar-refractivity contribution in [3.8, 4) is 0 Å². The van der Waals surface area contributed by atoms with Gasteiger partial charge in [-0.15, -0.1) is 0 Å². The van der Waals surface area contributed by atoms with Crippen LogP contribution in [0.1, 0.15) is 39.7 Å². The quantitative estimate of drug-likeness (QED) is 0.304. The van der Waals surface area contributed by atoms with Crippen LogP contribution in [0, 0.1) is 5.82 Å². The van der Waals surface area contributed by atoms with Crippen molar-refractivity contribution in [1.82, 2.24) is 10.2 Å². The van der Waals surface area contributed by atoms with Crippen molar-refractivity contribution in [2.75, 3.05) is 10.8 Å². The molecule has 0 saturated carbocycles. The molecule has 0 heterocycles. The van der Waals surface area contributed by atoms with E-state index in [0.717, 1.165) is 16.4 Å². The molecule has 0 aliphatic rings. The van der Waals surface area contributed by atoms with E-state index in [0.29, 0.717) is 15.6 Å². The van der Waals surface area contributed by atoms with Crippen LogP contribution in [-0.4, -0.2) is 43.3 Å². The number of rotatable bonds is 10. The molecule has 11 heteroatoms. The van der Waals surface area contributed by atoms with Gasteiger partial charge in [-0.1, -0.05) is 54.4 Å². The smallest absolute Gasteiger partial charge is 0.264 e. The molecule has 0 aliphatic carbocycles. The van der Waals surface area contributed by atoms with Crippen LogP contribution in [0.3, 0.4) is 0 Å². The molecule has 3 rings (SSSR count). The molecule has 3 aromatic rings. The number of sulfonamides is 1. The average molecular weight is 609 g/mol. The van der Waals surface area contributed by atoms with Crippen molar-refractivity contribution in [1.29, 1.82) is 0 Å². The van der Waals surface area contributed by atoms with Gasteiger partial charge >= 0.3 is 0 Å². The van der Waals surface area contributed by atoms with E-state index in [1.54, 1.807) is 37.3 Å². The van der Waals surface area contributed by atoms with E-state index in [-0.39, 0.29) is 23.5 Å². The van der Waals surface area contributed by atoms with E-state index < -0.39 is 45.8 Å². The number of hydrogen-bond donors (Lipinski definition) is 1. The van der Waals surface area contributed by atoms with Gasteiger partial charge in [0.2, 0.25) is 11.8 Å². The van der Waals surface area contributed by atoms with Gasteiger partial charge in [0.15, 0.2) is 0 Å². The minimum Gasteiger partial charge on any atom is -0.350 e. The van der Waals surface area contributed by atoms with Crippen molar-refractivity contribution < 1.29 is 22.4 Å². The summed E-state index contributed by atoms with van der Waals surface area (Å²) in [6, 6.07) is 16.3. The molecule has 2 amide bonds. The molecule has 40 heavy (non-hydrogen) atoms. The standard InChI is InChI=1S/C29H32Cl2FN3O4S/c1-5-26(28(37)33-29(2,3)4)34(18-20-11-12-21(30)17-25(20)31)27(36)19-35(23-15-13-22(32)14-16-23)40(38,39)24-9-7-6-8-10-24/h6-17,26H,5,18-19H2,1-4H3,(H,33,37)/t26-/m0/s1. The zero-order valence-corrected chi connectivity index (χ0v) is 25.0. The first kappa shape index (κ1) is 31.4. The van der Waals surface area contributed by atoms with Gasteiger partial charge < -0.3 is 10.2 Å². The Bertz CT molecular complexity index is 1450. The highest BCUT2D eigenvalue weighted by atomic mass is 35.5. The molecule has 214 valence electrons. The second-order valence-electron chi connectivity index (χ2n) is 10.2. The first-order valence-corrected chi connectivity index (χ1v) is 14.8. The number of anilines is 1. The molecule has 0 spiro atoms. The Kier molecular flexibility index (Phi) is 10.2. The number of nitrogens with zero attached hydrogens (tertiary/aromatic N) is 2. The van der Waals surface area contributed by atoms with Crippen LogP contribution in [0.15, 0.2) is 77.7 Å². The van der Waals surface area contributed by atoms with Gasteiger partial charge in [-0.3, -0.25) is 13.9 Å². The molecule has 1 N–H and O–H groups in total. The Morgan fingerprint density at radius 3 is 2.15 bits per heavy atom. The minimum atomic E-state index is -4.24. The maximum absolute atomic E-state index is 14.0. The van der Waals surface area contributed by atoms with Gasteiger partial charge in [-0.25, -0.2) is 12.8 Å². The number of nitrogens with one attached hydrogen (secondary N) is 1. The summed E-state index contributed by atoms with van der Waals surface area (Å²) in [5, 5.41) is 3.60. The third kappa shape index (κ3) is 7.96. The molecule has 3 aromatic carbocycles. The largest absolute Gasteiger partial charge is 0.350 e. The Balaban J connectivity index is 2.08. The average Bonchev–Trinajstić information content (AvgIpc) is 2.88. The molecule has 0 unspecified atom stereocenters. The first-order valence-electron chi connectivity index (χ1n) is 12.6. The number of halogens is 3. The third-order valence-electron chi connectivity index (χ3n) is 5.96. The Morgan fingerprint density at radius 1 is 0.975 bits per heavy atom. The summed E-state index contributed by atoms with van der Waals surface area (Å²) < 4.78 is 42.1. The van der Waals surface area contributed by atoms with Crippen LogP contribution in [0.4, 0.5) is 10.1 Å². The summed E-state index contributed by atoms with van der Waals surface area (Å²) in [5.41, 5.74) is 0.0458. The lowest BCUT2D eigenvalue weighted by Gasteiger charge is -2.35. The number of carbonyl (C=O) groups excluding carboxylic acids is 2. The molecule has 1 atom stereocenters. The fourth-order valence-electron chi connectivity index (χ4n) is 4.06. The SMILES string of the molecule is CC[C@@H](C(=O)NC(C)(C)C)N(Cc1ccc(Cl)cc1Cl)C(=O)CN(c1ccc(F)cc1)S(=O)(=O)c1ccccc1. The zero-order valence-electron chi connectivity index (χ0n) is 22.7. The highest BCUT2D eigenvalue weighted by Crippen LogP contribution is 2.27. The fraction of sp³-hybridized carbons (Fsp3) is 0.310. The van der Waals surface area contributed by atoms with Crippen LogP contribution >= 0.6 is 23.2 Å². The second-order valence-corrected chi connectivity index (χ2v) is 12.9. The van der Waals surface area contributed by atoms with Crippen LogP contribution in [0.5, 0.6) is 0 Å². The highest BCUT2D eigenvalue weighted by Gasteiger charge is 2.34. The number of benzene rings is 3. The van der Waals surface area contributed by atoms with Crippen molar-refractivity contribution in [3.05, 3.63) is 94.2 Å². The lowest BCUT2D eigenvalue weighted by molar-refractivity contribution is -0.141. The summed E-state index contributed by atoms with van der Waals surface area (Å²) in [7, 11) is -4.24. The molecule has 0 saturated heterocycles. The first-order chi connectivity index (χ1) is 18.7. The lowest BCUT2D eigenvalue weighted by atomic mass is 10.1. The minimum absolute atomic E-state index is 0.0445. The van der Waals surface area contributed by atoms with Crippen LogP contribution in [-0.2, 0) is 26.2 Å². The van der Waals surface area contributed by atoms with Gasteiger partial charge in [0.05, 0.1) is 10.6 Å². The van der Waals surface area contributed by atoms with Crippen LogP contribution in [0.25, 0.3) is 0 Å². The fourth-order valence-corrected chi connectivity index (χ4v) is 5.97. The predicted molar refractivity (Wildman–Crippen MR) is 156 cm³/mol. The van der Waals surface area contributed by atoms with Crippen molar-refractivity contribution in [3.63, 3.8) is 0 Å². The summed E-state index contributed by atoms with van der Waals surface area (Å²) in [4.78, 5) is 28.6. The summed E-state index contributed by atoms with van der Waals surface area (Å²) >= 11 is 12.5. The Hall–Kier alpha value is -3.14. The molecule has 0 aromatic heterocycles. The molecular weight excluding hydrogens is 576 g/mol. The van der Waals surface area contributed by atoms with Crippen molar-refractivity contribution in [2.45, 2.75) is 57.1 Å². The summed E-state index contributed by atoms with van der Waals surface area (Å²) in [6.45, 7) is 6.50. The van der Waals surface area contributed by atoms with Gasteiger partial charge in [0.1, 0.15) is 18.4 Å². The lowest BCUT2D eigenvalue weighted by Crippen LogP contribution is -2.55. The number of hydrogen-bond acceptors (Lipinski definition) is 4. The van der Waals surface area contributed by atoms with E-state index in [1.807, 2.05) is 20.8 Å².